The maximum Gasteiger partial charge on any atom is 0.292 e. The Balaban J connectivity index is 2.08. The quantitative estimate of drug-likeness (QED) is 0.662. The molecule has 0 fully saturated rings. The van der Waals surface area contributed by atoms with Gasteiger partial charge < -0.3 is 10.1 Å². The number of ether oxygens (including phenoxy) is 1. The average molecular weight is 335 g/mol. The second-order valence-corrected chi connectivity index (χ2v) is 5.34. The SMILES string of the molecule is Cc1cc(O[C@H](C)C(=O)Nc2ccccc2[N+](=O)[O-])ccc1Cl. The number of nitro groups is 1. The molecule has 0 aliphatic heterocycles. The number of benzene rings is 2. The van der Waals surface area contributed by atoms with E-state index in [-0.39, 0.29) is 11.4 Å². The number of hydrogen-bond acceptors (Lipinski definition) is 4. The fourth-order valence-corrected chi connectivity index (χ4v) is 2.04. The van der Waals surface area contributed by atoms with Gasteiger partial charge in [0.15, 0.2) is 6.10 Å². The molecular formula is C16H15ClN2O4. The number of nitro benzene ring substituents is 1. The number of para-hydroxylation sites is 2. The lowest BCUT2D eigenvalue weighted by atomic mass is 10.2. The summed E-state index contributed by atoms with van der Waals surface area (Å²) in [6.07, 6.45) is -0.824. The number of nitrogens with zero attached hydrogens (tertiary/aromatic N) is 1. The van der Waals surface area contributed by atoms with E-state index < -0.39 is 16.9 Å². The number of hydrogen-bond donors (Lipinski definition) is 1. The highest BCUT2D eigenvalue weighted by Crippen LogP contribution is 2.24. The minimum Gasteiger partial charge on any atom is -0.481 e. The summed E-state index contributed by atoms with van der Waals surface area (Å²) in [5.74, 6) is 0.0176. The minimum atomic E-state index is -0.824. The molecule has 2 aromatic carbocycles. The van der Waals surface area contributed by atoms with Gasteiger partial charge in [0.2, 0.25) is 0 Å². The van der Waals surface area contributed by atoms with Crippen LogP contribution in [0.25, 0.3) is 0 Å². The average Bonchev–Trinajstić information content (AvgIpc) is 2.51. The number of amides is 1. The third-order valence-corrected chi connectivity index (χ3v) is 3.59. The number of nitrogens with one attached hydrogen (secondary N) is 1. The molecule has 7 heteroatoms. The van der Waals surface area contributed by atoms with Gasteiger partial charge in [0.25, 0.3) is 11.6 Å². The van der Waals surface area contributed by atoms with Crippen LogP contribution >= 0.6 is 11.6 Å². The molecule has 120 valence electrons. The van der Waals surface area contributed by atoms with E-state index in [1.807, 2.05) is 6.92 Å². The number of carbonyl (C=O) groups is 1. The van der Waals surface area contributed by atoms with Crippen LogP contribution in [0.1, 0.15) is 12.5 Å². The zero-order chi connectivity index (χ0) is 17.0. The molecule has 0 spiro atoms. The smallest absolute Gasteiger partial charge is 0.292 e. The van der Waals surface area contributed by atoms with Crippen molar-refractivity contribution in [1.82, 2.24) is 0 Å². The first-order chi connectivity index (χ1) is 10.9. The predicted molar refractivity (Wildman–Crippen MR) is 88.0 cm³/mol. The highest BCUT2D eigenvalue weighted by Gasteiger charge is 2.20. The Labute approximate surface area is 138 Å². The summed E-state index contributed by atoms with van der Waals surface area (Å²) < 4.78 is 5.54. The highest BCUT2D eigenvalue weighted by molar-refractivity contribution is 6.31. The van der Waals surface area contributed by atoms with Crippen molar-refractivity contribution in [2.45, 2.75) is 20.0 Å². The maximum atomic E-state index is 12.2. The third kappa shape index (κ3) is 4.20. The van der Waals surface area contributed by atoms with Crippen LogP contribution in [-0.4, -0.2) is 16.9 Å². The van der Waals surface area contributed by atoms with Crippen molar-refractivity contribution in [3.8, 4) is 5.75 Å². The summed E-state index contributed by atoms with van der Waals surface area (Å²) in [4.78, 5) is 22.6. The first kappa shape index (κ1) is 16.8. The topological polar surface area (TPSA) is 81.5 Å². The Morgan fingerprint density at radius 2 is 2.00 bits per heavy atom. The molecule has 0 aliphatic carbocycles. The Kier molecular flexibility index (Phi) is 5.18. The number of carbonyl (C=O) groups excluding carboxylic acids is 1. The van der Waals surface area contributed by atoms with Crippen molar-refractivity contribution in [3.05, 3.63) is 63.2 Å². The van der Waals surface area contributed by atoms with Gasteiger partial charge in [0.1, 0.15) is 11.4 Å². The zero-order valence-electron chi connectivity index (χ0n) is 12.6. The summed E-state index contributed by atoms with van der Waals surface area (Å²) in [5.41, 5.74) is 0.788. The van der Waals surface area contributed by atoms with Crippen LogP contribution in [0.4, 0.5) is 11.4 Å². The standard InChI is InChI=1S/C16H15ClN2O4/c1-10-9-12(7-8-13(10)17)23-11(2)16(20)18-14-5-3-4-6-15(14)19(21)22/h3-9,11H,1-2H3,(H,18,20)/t11-/m1/s1. The molecule has 23 heavy (non-hydrogen) atoms. The fourth-order valence-electron chi connectivity index (χ4n) is 1.92. The second kappa shape index (κ2) is 7.11. The highest BCUT2D eigenvalue weighted by atomic mass is 35.5. The van der Waals surface area contributed by atoms with E-state index >= 15 is 0 Å². The summed E-state index contributed by atoms with van der Waals surface area (Å²) in [6.45, 7) is 3.39. The molecule has 0 aromatic heterocycles. The van der Waals surface area contributed by atoms with E-state index in [0.717, 1.165) is 5.56 Å². The van der Waals surface area contributed by atoms with E-state index in [9.17, 15) is 14.9 Å². The third-order valence-electron chi connectivity index (χ3n) is 3.17. The van der Waals surface area contributed by atoms with Gasteiger partial charge in [0, 0.05) is 11.1 Å². The Bertz CT molecular complexity index is 749. The van der Waals surface area contributed by atoms with E-state index in [0.29, 0.717) is 10.8 Å². The largest absolute Gasteiger partial charge is 0.481 e. The first-order valence-corrected chi connectivity index (χ1v) is 7.23. The van der Waals surface area contributed by atoms with Gasteiger partial charge >= 0.3 is 0 Å². The molecule has 0 saturated carbocycles. The van der Waals surface area contributed by atoms with E-state index in [1.165, 1.54) is 18.2 Å². The number of halogens is 1. The number of rotatable bonds is 5. The molecule has 2 rings (SSSR count). The van der Waals surface area contributed by atoms with E-state index in [1.54, 1.807) is 31.2 Å². The molecule has 0 saturated heterocycles. The first-order valence-electron chi connectivity index (χ1n) is 6.85. The van der Waals surface area contributed by atoms with Crippen molar-refractivity contribution in [2.24, 2.45) is 0 Å². The molecule has 1 atom stereocenters. The van der Waals surface area contributed by atoms with E-state index in [4.69, 9.17) is 16.3 Å². The normalized spacial score (nSPS) is 11.6. The Morgan fingerprint density at radius 1 is 1.30 bits per heavy atom. The maximum absolute atomic E-state index is 12.2. The monoisotopic (exact) mass is 334 g/mol. The summed E-state index contributed by atoms with van der Waals surface area (Å²) in [7, 11) is 0. The van der Waals surface area contributed by atoms with Crippen molar-refractivity contribution < 1.29 is 14.5 Å². The van der Waals surface area contributed by atoms with Gasteiger partial charge in [-0.25, -0.2) is 0 Å². The van der Waals surface area contributed by atoms with Gasteiger partial charge in [0.05, 0.1) is 4.92 Å². The molecule has 0 unspecified atom stereocenters. The summed E-state index contributed by atoms with van der Waals surface area (Å²) in [5, 5.41) is 14.1. The van der Waals surface area contributed by atoms with Gasteiger partial charge in [-0.2, -0.15) is 0 Å². The van der Waals surface area contributed by atoms with Crippen LogP contribution in [-0.2, 0) is 4.79 Å². The van der Waals surface area contributed by atoms with Crippen LogP contribution < -0.4 is 10.1 Å². The Hall–Kier alpha value is -2.60. The lowest BCUT2D eigenvalue weighted by Gasteiger charge is -2.15. The molecule has 6 nitrogen and oxygen atoms in total. The summed E-state index contributed by atoms with van der Waals surface area (Å²) in [6, 6.07) is 11.0. The van der Waals surface area contributed by atoms with Crippen LogP contribution in [0, 0.1) is 17.0 Å². The molecule has 0 bridgehead atoms. The second-order valence-electron chi connectivity index (χ2n) is 4.93. The van der Waals surface area contributed by atoms with Gasteiger partial charge in [-0.1, -0.05) is 23.7 Å². The number of aryl methyl sites for hydroxylation is 1. The molecule has 0 radical (unpaired) electrons. The van der Waals surface area contributed by atoms with Crippen molar-refractivity contribution in [3.63, 3.8) is 0 Å². The molecule has 1 amide bonds. The lowest BCUT2D eigenvalue weighted by molar-refractivity contribution is -0.383. The van der Waals surface area contributed by atoms with Gasteiger partial charge in [-0.15, -0.1) is 0 Å². The van der Waals surface area contributed by atoms with Crippen molar-refractivity contribution in [1.29, 1.82) is 0 Å². The number of anilines is 1. The zero-order valence-corrected chi connectivity index (χ0v) is 13.3. The van der Waals surface area contributed by atoms with E-state index in [2.05, 4.69) is 5.32 Å². The molecule has 2 aromatic rings. The minimum absolute atomic E-state index is 0.130. The molecule has 1 N–H and O–H groups in total. The van der Waals surface area contributed by atoms with Crippen molar-refractivity contribution >= 4 is 28.9 Å². The van der Waals surface area contributed by atoms with Crippen LogP contribution in [0.3, 0.4) is 0 Å². The fraction of sp³-hybridized carbons (Fsp3) is 0.188. The predicted octanol–water partition coefficient (Wildman–Crippen LogP) is 3.96. The molecule has 0 heterocycles. The van der Waals surface area contributed by atoms with Gasteiger partial charge in [-0.05, 0) is 43.7 Å². The molecular weight excluding hydrogens is 320 g/mol. The van der Waals surface area contributed by atoms with Crippen LogP contribution in [0.5, 0.6) is 5.75 Å². The Morgan fingerprint density at radius 3 is 2.65 bits per heavy atom. The summed E-state index contributed by atoms with van der Waals surface area (Å²) >= 11 is 5.94. The van der Waals surface area contributed by atoms with Crippen LogP contribution in [0.2, 0.25) is 5.02 Å². The van der Waals surface area contributed by atoms with Crippen LogP contribution in [0.15, 0.2) is 42.5 Å². The van der Waals surface area contributed by atoms with Crippen molar-refractivity contribution in [2.75, 3.05) is 5.32 Å². The van der Waals surface area contributed by atoms with Gasteiger partial charge in [-0.3, -0.25) is 14.9 Å². The molecule has 0 aliphatic rings. The lowest BCUT2D eigenvalue weighted by Crippen LogP contribution is -2.30.